The van der Waals surface area contributed by atoms with Crippen molar-refractivity contribution in [2.45, 2.75) is 113 Å². The van der Waals surface area contributed by atoms with Crippen LogP contribution < -0.4 is 20.1 Å². The van der Waals surface area contributed by atoms with Crippen LogP contribution in [0.5, 0.6) is 5.88 Å². The van der Waals surface area contributed by atoms with E-state index in [9.17, 15) is 40.8 Å². The maximum Gasteiger partial charge on any atom is 0.427 e. The van der Waals surface area contributed by atoms with Gasteiger partial charge in [0.05, 0.1) is 17.3 Å². The summed E-state index contributed by atoms with van der Waals surface area (Å²) in [6.07, 6.45) is -1.16. The van der Waals surface area contributed by atoms with E-state index in [1.807, 2.05) is 61.5 Å². The molecule has 318 valence electrons. The standard InChI is InChI=1S/C41H48F3N5O8S.3H2/c1-23-11-5-6-12-25-21-40(25,37(52)48-58(54,55)27-17-18-27)47-34(50)32-20-26(56-35-30-15-8-7-13-28(30)29-14-9-10-16-31(29)45-35)22-49(32)36(51)33(24(2)19-23)46-38(53)57-39(3,4)41(42,43)44;;;/h6-10,12-16,23-27,32-33H,5,11,17-22H2,1-4H3,(H,46,53)(H,47,50)(H,48,52);3*1H/b12-6-;;;/t23-,24+,25+,26+,32-,33?,40+;;;/m0.../s1. The Morgan fingerprint density at radius 3 is 2.34 bits per heavy atom. The topological polar surface area (TPSA) is 173 Å². The van der Waals surface area contributed by atoms with Gasteiger partial charge in [0.15, 0.2) is 0 Å². The van der Waals surface area contributed by atoms with Crippen molar-refractivity contribution in [3.05, 3.63) is 60.7 Å². The van der Waals surface area contributed by atoms with Crippen LogP contribution >= 0.6 is 0 Å². The Kier molecular flexibility index (Phi) is 10.9. The summed E-state index contributed by atoms with van der Waals surface area (Å²) in [5.74, 6) is -3.35. The first-order chi connectivity index (χ1) is 27.3. The number of halogens is 3. The summed E-state index contributed by atoms with van der Waals surface area (Å²) in [7, 11) is -3.98. The number of pyridine rings is 1. The van der Waals surface area contributed by atoms with E-state index in [2.05, 4.69) is 15.4 Å². The molecule has 4 aliphatic rings. The number of sulfonamides is 1. The lowest BCUT2D eigenvalue weighted by molar-refractivity contribution is -0.244. The number of carbonyl (C=O) groups excluding carboxylic acids is 4. The Bertz CT molecular complexity index is 2280. The fourth-order valence-electron chi connectivity index (χ4n) is 8.06. The second-order valence-electron chi connectivity index (χ2n) is 16.8. The Morgan fingerprint density at radius 2 is 1.66 bits per heavy atom. The predicted octanol–water partition coefficient (Wildman–Crippen LogP) is 6.41. The van der Waals surface area contributed by atoms with Gasteiger partial charge in [-0.2, -0.15) is 13.2 Å². The molecule has 17 heteroatoms. The second-order valence-corrected chi connectivity index (χ2v) is 18.7. The minimum Gasteiger partial charge on any atom is -0.472 e. The summed E-state index contributed by atoms with van der Waals surface area (Å²) < 4.78 is 80.6. The number of alkyl carbamates (subject to hydrolysis) is 1. The smallest absolute Gasteiger partial charge is 0.427 e. The maximum atomic E-state index is 14.8. The Morgan fingerprint density at radius 1 is 0.983 bits per heavy atom. The Labute approximate surface area is 339 Å². The van der Waals surface area contributed by atoms with Gasteiger partial charge in [0, 0.05) is 27.4 Å². The molecule has 3 N–H and O–H groups in total. The van der Waals surface area contributed by atoms with Crippen LogP contribution in [0.15, 0.2) is 60.7 Å². The number of allylic oxidation sites excluding steroid dienone is 1. The van der Waals surface area contributed by atoms with E-state index in [4.69, 9.17) is 14.5 Å². The minimum absolute atomic E-state index is 0. The van der Waals surface area contributed by atoms with Crippen LogP contribution in [0.4, 0.5) is 18.0 Å². The van der Waals surface area contributed by atoms with Crippen LogP contribution in [0.25, 0.3) is 21.7 Å². The Balaban J connectivity index is 0.00000273. The molecule has 1 aromatic heterocycles. The number of benzene rings is 2. The molecule has 0 spiro atoms. The van der Waals surface area contributed by atoms with Crippen LogP contribution in [0.2, 0.25) is 0 Å². The SMILES string of the molecule is C[C@H]1CC/C=C\[C@@H]2C[C@@]2(C(=O)NS(=O)(=O)C2CC2)NC(=O)[C@@H]2C[C@@H](Oc3nc4ccccc4c4ccccc34)CN2C(=O)C(NC(=O)OC(C)(C)C(F)(F)F)[C@H](C)C1.[HH].[HH].[HH]. The zero-order chi connectivity index (χ0) is 41.8. The Hall–Kier alpha value is -4.93. The van der Waals surface area contributed by atoms with Gasteiger partial charge < -0.3 is 25.0 Å². The maximum absolute atomic E-state index is 14.8. The number of rotatable bonds is 7. The molecule has 3 heterocycles. The number of fused-ring (bicyclic) bond motifs is 5. The van der Waals surface area contributed by atoms with Gasteiger partial charge in [-0.1, -0.05) is 62.4 Å². The lowest BCUT2D eigenvalue weighted by atomic mass is 9.88. The van der Waals surface area contributed by atoms with Crippen molar-refractivity contribution in [2.75, 3.05) is 6.54 Å². The number of amides is 4. The lowest BCUT2D eigenvalue weighted by Crippen LogP contribution is -2.59. The quantitative estimate of drug-likeness (QED) is 0.180. The summed E-state index contributed by atoms with van der Waals surface area (Å²) in [5.41, 5.74) is -3.86. The van der Waals surface area contributed by atoms with E-state index < -0.39 is 86.4 Å². The van der Waals surface area contributed by atoms with Gasteiger partial charge in [-0.15, -0.1) is 0 Å². The number of aromatic nitrogens is 1. The second kappa shape index (κ2) is 15.3. The average Bonchev–Trinajstić information content (AvgIpc) is 4.08. The molecule has 13 nitrogen and oxygen atoms in total. The van der Waals surface area contributed by atoms with Crippen molar-refractivity contribution < 1.29 is 54.5 Å². The minimum atomic E-state index is -4.91. The molecule has 7 atom stereocenters. The highest BCUT2D eigenvalue weighted by Gasteiger charge is 2.62. The van der Waals surface area contributed by atoms with Crippen molar-refractivity contribution in [2.24, 2.45) is 17.8 Å². The summed E-state index contributed by atoms with van der Waals surface area (Å²) >= 11 is 0. The fraction of sp³-hybridized carbons (Fsp3) is 0.537. The monoisotopic (exact) mass is 833 g/mol. The molecule has 2 aromatic carbocycles. The average molecular weight is 834 g/mol. The summed E-state index contributed by atoms with van der Waals surface area (Å²) in [5, 5.41) is 6.93. The van der Waals surface area contributed by atoms with E-state index in [0.717, 1.165) is 10.8 Å². The number of hydrogen-bond donors (Lipinski definition) is 3. The summed E-state index contributed by atoms with van der Waals surface area (Å²) in [6, 6.07) is 12.2. The van der Waals surface area contributed by atoms with Gasteiger partial charge in [-0.05, 0) is 81.7 Å². The molecule has 1 unspecified atom stereocenters. The van der Waals surface area contributed by atoms with Crippen LogP contribution in [-0.4, -0.2) is 89.4 Å². The number of alkyl halides is 3. The molecule has 0 bridgehead atoms. The van der Waals surface area contributed by atoms with E-state index in [-0.39, 0.29) is 35.5 Å². The highest BCUT2D eigenvalue weighted by molar-refractivity contribution is 7.91. The number of para-hydroxylation sites is 1. The molecule has 58 heavy (non-hydrogen) atoms. The highest BCUT2D eigenvalue weighted by Crippen LogP contribution is 2.46. The normalized spacial score (nSPS) is 29.0. The highest BCUT2D eigenvalue weighted by atomic mass is 32.2. The van der Waals surface area contributed by atoms with Gasteiger partial charge in [0.2, 0.25) is 33.3 Å². The molecule has 7 rings (SSSR count). The first-order valence-corrected chi connectivity index (χ1v) is 21.2. The van der Waals surface area contributed by atoms with Crippen molar-refractivity contribution in [1.29, 1.82) is 0 Å². The third-order valence-corrected chi connectivity index (χ3v) is 13.6. The molecule has 3 aromatic rings. The zero-order valence-corrected chi connectivity index (χ0v) is 33.5. The third-order valence-electron chi connectivity index (χ3n) is 11.8. The van der Waals surface area contributed by atoms with E-state index in [1.165, 1.54) is 4.90 Å². The molecule has 2 aliphatic heterocycles. The van der Waals surface area contributed by atoms with Crippen LogP contribution in [0.1, 0.15) is 76.9 Å². The molecular weight excluding hydrogens is 780 g/mol. The van der Waals surface area contributed by atoms with Crippen LogP contribution in [-0.2, 0) is 29.1 Å². The lowest BCUT2D eigenvalue weighted by Gasteiger charge is -2.34. The molecule has 1 saturated heterocycles. The largest absolute Gasteiger partial charge is 0.472 e. The van der Waals surface area contributed by atoms with E-state index >= 15 is 0 Å². The molecule has 2 saturated carbocycles. The third kappa shape index (κ3) is 8.32. The van der Waals surface area contributed by atoms with Gasteiger partial charge in [0.25, 0.3) is 5.91 Å². The van der Waals surface area contributed by atoms with Gasteiger partial charge in [-0.3, -0.25) is 19.1 Å². The first kappa shape index (κ1) is 41.2. The van der Waals surface area contributed by atoms with Gasteiger partial charge in [-0.25, -0.2) is 18.2 Å². The fourth-order valence-corrected chi connectivity index (χ4v) is 9.43. The molecule has 3 fully saturated rings. The molecule has 0 radical (unpaired) electrons. The van der Waals surface area contributed by atoms with Gasteiger partial charge >= 0.3 is 12.3 Å². The number of nitrogens with zero attached hydrogens (tertiary/aromatic N) is 2. The predicted molar refractivity (Wildman–Crippen MR) is 214 cm³/mol. The van der Waals surface area contributed by atoms with Crippen LogP contribution in [0, 0.1) is 17.8 Å². The van der Waals surface area contributed by atoms with Crippen molar-refractivity contribution >= 4 is 55.5 Å². The number of carbonyl (C=O) groups is 4. The number of hydrogen-bond acceptors (Lipinski definition) is 9. The number of ether oxygens (including phenoxy) is 2. The molecule has 2 aliphatic carbocycles. The van der Waals surface area contributed by atoms with E-state index in [1.54, 1.807) is 13.0 Å². The summed E-state index contributed by atoms with van der Waals surface area (Å²) in [4.78, 5) is 62.3. The zero-order valence-electron chi connectivity index (χ0n) is 32.7. The van der Waals surface area contributed by atoms with Crippen molar-refractivity contribution in [3.8, 4) is 5.88 Å². The number of nitrogens with one attached hydrogen (secondary N) is 3. The summed E-state index contributed by atoms with van der Waals surface area (Å²) in [6.45, 7) is 4.85. The van der Waals surface area contributed by atoms with Crippen LogP contribution in [0.3, 0.4) is 0 Å². The molecule has 4 amide bonds. The van der Waals surface area contributed by atoms with E-state index in [0.29, 0.717) is 56.9 Å². The van der Waals surface area contributed by atoms with Crippen molar-refractivity contribution in [3.63, 3.8) is 0 Å². The first-order valence-electron chi connectivity index (χ1n) is 19.7. The van der Waals surface area contributed by atoms with Crippen molar-refractivity contribution in [1.82, 2.24) is 25.2 Å². The van der Waals surface area contributed by atoms with Gasteiger partial charge in [0.1, 0.15) is 23.7 Å². The molecular formula is C41H54F3N5O8S.